The van der Waals surface area contributed by atoms with Crippen LogP contribution in [0.3, 0.4) is 0 Å². The van der Waals surface area contributed by atoms with E-state index in [9.17, 15) is 9.59 Å². The maximum atomic E-state index is 13.9. The number of hydrogen-bond acceptors (Lipinski definition) is 7. The van der Waals surface area contributed by atoms with E-state index in [2.05, 4.69) is 33.9 Å². The molecule has 6 atom stereocenters. The van der Waals surface area contributed by atoms with E-state index in [0.29, 0.717) is 5.75 Å². The summed E-state index contributed by atoms with van der Waals surface area (Å²) in [6.07, 6.45) is -2.18. The molecule has 0 radical (unpaired) electrons. The van der Waals surface area contributed by atoms with Crippen LogP contribution in [-0.4, -0.2) is 79.6 Å². The average Bonchev–Trinajstić information content (AvgIpc) is 3.25. The average molecular weight is 519 g/mol. The molecule has 4 heterocycles. The Bertz CT molecular complexity index is 1040. The first kappa shape index (κ1) is 25.7. The second-order valence-electron chi connectivity index (χ2n) is 12.2. The third kappa shape index (κ3) is 4.16. The summed E-state index contributed by atoms with van der Waals surface area (Å²) < 4.78 is 31.1. The molecule has 3 amide bonds. The number of methoxy groups -OCH3 is 1. The van der Waals surface area contributed by atoms with Crippen LogP contribution in [0.15, 0.2) is 24.3 Å². The van der Waals surface area contributed by atoms with Crippen molar-refractivity contribution in [1.29, 1.82) is 0 Å². The molecule has 0 N–H and O–H groups in total. The largest absolute Gasteiger partial charge is 0.497 e. The first-order valence-corrected chi connectivity index (χ1v) is 15.6. The zero-order valence-corrected chi connectivity index (χ0v) is 23.4. The van der Waals surface area contributed by atoms with Crippen molar-refractivity contribution in [3.8, 4) is 5.75 Å². The minimum atomic E-state index is -2.27. The molecule has 1 aromatic rings. The second kappa shape index (κ2) is 8.52. The highest BCUT2D eigenvalue weighted by Gasteiger charge is 2.67. The van der Waals surface area contributed by atoms with Gasteiger partial charge in [-0.15, -0.1) is 0 Å². The van der Waals surface area contributed by atoms with Gasteiger partial charge >= 0.3 is 6.03 Å². The van der Waals surface area contributed by atoms with Gasteiger partial charge in [-0.3, -0.25) is 14.6 Å². The number of carbonyl (C=O) groups is 2. The highest BCUT2D eigenvalue weighted by atomic mass is 28.4. The van der Waals surface area contributed by atoms with E-state index in [1.165, 1.54) is 4.90 Å². The van der Waals surface area contributed by atoms with Gasteiger partial charge in [0.15, 0.2) is 20.3 Å². The van der Waals surface area contributed by atoms with Gasteiger partial charge in [0.2, 0.25) is 5.91 Å². The van der Waals surface area contributed by atoms with Crippen molar-refractivity contribution in [3.05, 3.63) is 29.8 Å². The SMILES string of the molecule is COc1ccc(CN2C(=O)C[C@H]3[C@@H](O[Si](C)(C)C(C)(C)C)[C@H]4O[C@H](C5OC(C)(C)OC54)N3C2=O)cc1. The fourth-order valence-corrected chi connectivity index (χ4v) is 6.72. The highest BCUT2D eigenvalue weighted by molar-refractivity contribution is 6.74. The number of nitrogens with zero attached hydrogens (tertiary/aromatic N) is 2. The summed E-state index contributed by atoms with van der Waals surface area (Å²) >= 11 is 0. The molecule has 2 unspecified atom stereocenters. The first-order valence-electron chi connectivity index (χ1n) is 12.7. The third-order valence-corrected chi connectivity index (χ3v) is 12.7. The predicted molar refractivity (Wildman–Crippen MR) is 134 cm³/mol. The summed E-state index contributed by atoms with van der Waals surface area (Å²) in [5, 5.41) is -0.0535. The summed E-state index contributed by atoms with van der Waals surface area (Å²) in [6, 6.07) is 6.55. The van der Waals surface area contributed by atoms with Gasteiger partial charge in [0.05, 0.1) is 32.2 Å². The van der Waals surface area contributed by atoms with Gasteiger partial charge in [-0.2, -0.15) is 0 Å². The van der Waals surface area contributed by atoms with Gasteiger partial charge in [-0.1, -0.05) is 32.9 Å². The molecule has 0 aliphatic carbocycles. The van der Waals surface area contributed by atoms with E-state index < -0.39 is 44.7 Å². The maximum absolute atomic E-state index is 13.9. The summed E-state index contributed by atoms with van der Waals surface area (Å²) in [7, 11) is -0.669. The Morgan fingerprint density at radius 3 is 2.31 bits per heavy atom. The molecule has 2 bridgehead atoms. The van der Waals surface area contributed by atoms with Crippen molar-refractivity contribution < 1.29 is 33.0 Å². The number of ether oxygens (including phenoxy) is 4. The van der Waals surface area contributed by atoms with Gasteiger partial charge in [0.25, 0.3) is 0 Å². The predicted octanol–water partition coefficient (Wildman–Crippen LogP) is 3.87. The van der Waals surface area contributed by atoms with Crippen LogP contribution in [0.4, 0.5) is 4.79 Å². The molecule has 198 valence electrons. The number of rotatable bonds is 5. The van der Waals surface area contributed by atoms with E-state index >= 15 is 0 Å². The van der Waals surface area contributed by atoms with Gasteiger partial charge in [-0.05, 0) is 49.7 Å². The lowest BCUT2D eigenvalue weighted by Gasteiger charge is -2.52. The molecule has 5 rings (SSSR count). The smallest absolute Gasteiger partial charge is 0.329 e. The number of fused-ring (bicyclic) bond motifs is 7. The minimum Gasteiger partial charge on any atom is -0.497 e. The highest BCUT2D eigenvalue weighted by Crippen LogP contribution is 2.49. The van der Waals surface area contributed by atoms with Crippen molar-refractivity contribution in [2.45, 2.75) is 108 Å². The lowest BCUT2D eigenvalue weighted by Crippen LogP contribution is -2.69. The Morgan fingerprint density at radius 2 is 1.69 bits per heavy atom. The molecule has 0 saturated carbocycles. The molecule has 1 aromatic carbocycles. The fourth-order valence-electron chi connectivity index (χ4n) is 5.39. The van der Waals surface area contributed by atoms with Crippen LogP contribution in [0.1, 0.15) is 46.6 Å². The first-order chi connectivity index (χ1) is 16.7. The van der Waals surface area contributed by atoms with Gasteiger partial charge in [0.1, 0.15) is 24.1 Å². The van der Waals surface area contributed by atoms with E-state index in [1.807, 2.05) is 38.1 Å². The Kier molecular flexibility index (Phi) is 6.07. The molecule has 4 fully saturated rings. The molecular formula is C26H38N2O7Si. The molecule has 0 aromatic heterocycles. The van der Waals surface area contributed by atoms with Crippen LogP contribution in [0, 0.1) is 0 Å². The standard InChI is InChI=1S/C26H38N2O7Si/c1-25(2,3)36(7,8)35-19-17-13-18(29)27(14-15-9-11-16(31-6)12-10-15)24(30)28(17)23-22-21(20(19)32-23)33-26(4,5)34-22/h9-12,17,19-23H,13-14H2,1-8H3/t17-,19+,20+,21?,22?,23+/m0/s1. The lowest BCUT2D eigenvalue weighted by atomic mass is 9.96. The van der Waals surface area contributed by atoms with Crippen molar-refractivity contribution in [1.82, 2.24) is 9.80 Å². The zero-order valence-electron chi connectivity index (χ0n) is 22.4. The van der Waals surface area contributed by atoms with E-state index in [0.717, 1.165) is 5.56 Å². The maximum Gasteiger partial charge on any atom is 0.329 e. The molecule has 9 nitrogen and oxygen atoms in total. The van der Waals surface area contributed by atoms with Gasteiger partial charge in [0, 0.05) is 0 Å². The van der Waals surface area contributed by atoms with E-state index in [4.69, 9.17) is 23.4 Å². The summed E-state index contributed by atoms with van der Waals surface area (Å²) in [5.74, 6) is -0.287. The van der Waals surface area contributed by atoms with E-state index in [-0.39, 0.29) is 36.0 Å². The number of benzene rings is 1. The number of urea groups is 1. The Labute approximate surface area is 214 Å². The molecule has 4 aliphatic heterocycles. The summed E-state index contributed by atoms with van der Waals surface area (Å²) in [4.78, 5) is 30.3. The molecule has 36 heavy (non-hydrogen) atoms. The van der Waals surface area contributed by atoms with Crippen LogP contribution < -0.4 is 4.74 Å². The number of imide groups is 1. The van der Waals surface area contributed by atoms with Gasteiger partial charge in [-0.25, -0.2) is 4.79 Å². The third-order valence-electron chi connectivity index (χ3n) is 8.27. The monoisotopic (exact) mass is 518 g/mol. The quantitative estimate of drug-likeness (QED) is 0.547. The summed E-state index contributed by atoms with van der Waals surface area (Å²) in [6.45, 7) is 14.8. The fraction of sp³-hybridized carbons (Fsp3) is 0.692. The molecule has 4 aliphatic rings. The molecular weight excluding hydrogens is 480 g/mol. The lowest BCUT2D eigenvalue weighted by molar-refractivity contribution is -0.244. The Morgan fingerprint density at radius 1 is 1.06 bits per heavy atom. The topological polar surface area (TPSA) is 86.8 Å². The van der Waals surface area contributed by atoms with E-state index in [1.54, 1.807) is 12.0 Å². The number of amides is 3. The molecule has 4 saturated heterocycles. The Balaban J connectivity index is 1.48. The van der Waals surface area contributed by atoms with Crippen molar-refractivity contribution in [3.63, 3.8) is 0 Å². The minimum absolute atomic E-state index is 0.0535. The second-order valence-corrected chi connectivity index (χ2v) is 16.9. The summed E-state index contributed by atoms with van der Waals surface area (Å²) in [5.41, 5.74) is 0.840. The molecule has 10 heteroatoms. The Hall–Kier alpha value is -1.98. The van der Waals surface area contributed by atoms with Crippen molar-refractivity contribution in [2.24, 2.45) is 0 Å². The number of carbonyl (C=O) groups excluding carboxylic acids is 2. The normalized spacial score (nSPS) is 33.6. The van der Waals surface area contributed by atoms with Crippen molar-refractivity contribution in [2.75, 3.05) is 7.11 Å². The van der Waals surface area contributed by atoms with Crippen molar-refractivity contribution >= 4 is 20.3 Å². The molecule has 0 spiro atoms. The van der Waals surface area contributed by atoms with Crippen LogP contribution in [-0.2, 0) is 30.0 Å². The van der Waals surface area contributed by atoms with Gasteiger partial charge < -0.3 is 23.4 Å². The van der Waals surface area contributed by atoms with Crippen LogP contribution in [0.5, 0.6) is 5.75 Å². The number of hydrogen-bond donors (Lipinski definition) is 0. The van der Waals surface area contributed by atoms with Crippen LogP contribution in [0.25, 0.3) is 0 Å². The zero-order chi connectivity index (χ0) is 26.2. The van der Waals surface area contributed by atoms with Crippen LogP contribution >= 0.6 is 0 Å². The van der Waals surface area contributed by atoms with Crippen LogP contribution in [0.2, 0.25) is 18.1 Å².